The topological polar surface area (TPSA) is 78.8 Å². The largest absolute Gasteiger partial charge is 0.417 e. The number of sulfonamides is 1. The van der Waals surface area contributed by atoms with Crippen molar-refractivity contribution in [1.29, 1.82) is 0 Å². The molecule has 6 nitrogen and oxygen atoms in total. The molecule has 1 amide bonds. The van der Waals surface area contributed by atoms with Crippen molar-refractivity contribution in [2.45, 2.75) is 6.18 Å². The molecule has 0 saturated heterocycles. The third kappa shape index (κ3) is 5.44. The molecule has 0 aliphatic rings. The standard InChI is InChI=1S/C25H19ClF3N3O3S/c1-36(34,35)32(18-10-11-23(26)22(13-18)25(27,28)29)15-24(33)31-30-14-21-19-8-4-2-6-16(19)12-17-7-3-5-9-20(17)21/h2-14H,15H2,1H3,(H,31,33)/b30-14-. The van der Waals surface area contributed by atoms with E-state index in [-0.39, 0.29) is 5.69 Å². The molecule has 0 aromatic heterocycles. The van der Waals surface area contributed by atoms with E-state index < -0.39 is 39.2 Å². The lowest BCUT2D eigenvalue weighted by Crippen LogP contribution is -2.39. The molecular formula is C25H19ClF3N3O3S. The van der Waals surface area contributed by atoms with Crippen LogP contribution in [-0.2, 0) is 21.0 Å². The van der Waals surface area contributed by atoms with Gasteiger partial charge in [-0.1, -0.05) is 60.1 Å². The average Bonchev–Trinajstić information content (AvgIpc) is 2.81. The Morgan fingerprint density at radius 2 is 1.58 bits per heavy atom. The van der Waals surface area contributed by atoms with Crippen LogP contribution in [0.25, 0.3) is 21.5 Å². The number of hydrazone groups is 1. The molecule has 4 aromatic carbocycles. The zero-order valence-corrected chi connectivity index (χ0v) is 20.3. The van der Waals surface area contributed by atoms with Gasteiger partial charge in [-0.25, -0.2) is 13.8 Å². The van der Waals surface area contributed by atoms with Crippen LogP contribution in [0.4, 0.5) is 18.9 Å². The van der Waals surface area contributed by atoms with E-state index in [9.17, 15) is 26.4 Å². The smallest absolute Gasteiger partial charge is 0.271 e. The van der Waals surface area contributed by atoms with Crippen LogP contribution in [0.2, 0.25) is 5.02 Å². The summed E-state index contributed by atoms with van der Waals surface area (Å²) in [5, 5.41) is 7.14. The molecule has 0 atom stereocenters. The number of fused-ring (bicyclic) bond motifs is 2. The normalized spacial score (nSPS) is 12.4. The maximum Gasteiger partial charge on any atom is 0.417 e. The number of nitrogens with one attached hydrogen (secondary N) is 1. The highest BCUT2D eigenvalue weighted by Crippen LogP contribution is 2.37. The number of carbonyl (C=O) groups is 1. The van der Waals surface area contributed by atoms with Gasteiger partial charge in [-0.05, 0) is 45.8 Å². The average molecular weight is 534 g/mol. The van der Waals surface area contributed by atoms with Crippen LogP contribution in [0.1, 0.15) is 11.1 Å². The third-order valence-electron chi connectivity index (χ3n) is 5.43. The summed E-state index contributed by atoms with van der Waals surface area (Å²) in [5.74, 6) is -0.843. The highest BCUT2D eigenvalue weighted by Gasteiger charge is 2.34. The fraction of sp³-hybridized carbons (Fsp3) is 0.120. The molecule has 0 spiro atoms. The van der Waals surface area contributed by atoms with Crippen LogP contribution < -0.4 is 9.73 Å². The SMILES string of the molecule is CS(=O)(=O)N(CC(=O)N/N=C\c1c2ccccc2cc2ccccc12)c1ccc(Cl)c(C(F)(F)F)c1. The number of halogens is 4. The van der Waals surface area contributed by atoms with Crippen LogP contribution in [0.15, 0.2) is 77.9 Å². The fourth-order valence-corrected chi connectivity index (χ4v) is 4.88. The minimum Gasteiger partial charge on any atom is -0.271 e. The van der Waals surface area contributed by atoms with Crippen LogP contribution in [0, 0.1) is 0 Å². The van der Waals surface area contributed by atoms with Gasteiger partial charge < -0.3 is 0 Å². The number of anilines is 1. The van der Waals surface area contributed by atoms with Gasteiger partial charge in [-0.2, -0.15) is 18.3 Å². The molecule has 0 fully saturated rings. The molecule has 0 saturated carbocycles. The second kappa shape index (κ2) is 9.79. The Balaban J connectivity index is 1.61. The summed E-state index contributed by atoms with van der Waals surface area (Å²) in [7, 11) is -4.11. The molecule has 186 valence electrons. The summed E-state index contributed by atoms with van der Waals surface area (Å²) in [5.41, 5.74) is 1.45. The van der Waals surface area contributed by atoms with Gasteiger partial charge in [-0.3, -0.25) is 9.10 Å². The van der Waals surface area contributed by atoms with Gasteiger partial charge in [0, 0.05) is 5.56 Å². The summed E-state index contributed by atoms with van der Waals surface area (Å²) < 4.78 is 64.9. The first-order valence-electron chi connectivity index (χ1n) is 10.5. The van der Waals surface area contributed by atoms with Gasteiger partial charge >= 0.3 is 6.18 Å². The van der Waals surface area contributed by atoms with Gasteiger partial charge in [0.05, 0.1) is 28.7 Å². The lowest BCUT2D eigenvalue weighted by molar-refractivity contribution is -0.137. The second-order valence-electron chi connectivity index (χ2n) is 7.96. The van der Waals surface area contributed by atoms with E-state index in [4.69, 9.17) is 11.6 Å². The van der Waals surface area contributed by atoms with Gasteiger partial charge in [0.15, 0.2) is 0 Å². The molecule has 0 aliphatic carbocycles. The van der Waals surface area contributed by atoms with E-state index in [1.807, 2.05) is 54.6 Å². The van der Waals surface area contributed by atoms with Crippen molar-refractivity contribution in [2.75, 3.05) is 17.1 Å². The number of alkyl halides is 3. The van der Waals surface area contributed by atoms with Gasteiger partial charge in [0.2, 0.25) is 10.0 Å². The number of benzene rings is 4. The van der Waals surface area contributed by atoms with E-state index >= 15 is 0 Å². The summed E-state index contributed by atoms with van der Waals surface area (Å²) in [6, 6.07) is 19.9. The number of hydrogen-bond donors (Lipinski definition) is 1. The van der Waals surface area contributed by atoms with Crippen molar-refractivity contribution >= 4 is 61.0 Å². The number of carbonyl (C=O) groups excluding carboxylic acids is 1. The van der Waals surface area contributed by atoms with Crippen LogP contribution in [-0.4, -0.2) is 33.3 Å². The van der Waals surface area contributed by atoms with E-state index in [0.717, 1.165) is 45.5 Å². The molecule has 4 rings (SSSR count). The molecule has 0 bridgehead atoms. The molecule has 0 heterocycles. The second-order valence-corrected chi connectivity index (χ2v) is 10.3. The lowest BCUT2D eigenvalue weighted by atomic mass is 9.97. The highest BCUT2D eigenvalue weighted by atomic mass is 35.5. The first kappa shape index (κ1) is 25.5. The molecule has 1 N–H and O–H groups in total. The zero-order chi connectivity index (χ0) is 26.1. The Hall–Kier alpha value is -3.63. The lowest BCUT2D eigenvalue weighted by Gasteiger charge is -2.22. The van der Waals surface area contributed by atoms with E-state index in [1.165, 1.54) is 6.21 Å². The fourth-order valence-electron chi connectivity index (χ4n) is 3.81. The Kier molecular flexibility index (Phi) is 6.92. The Morgan fingerprint density at radius 1 is 1.00 bits per heavy atom. The van der Waals surface area contributed by atoms with Crippen molar-refractivity contribution < 1.29 is 26.4 Å². The molecule has 0 unspecified atom stereocenters. The van der Waals surface area contributed by atoms with E-state index in [2.05, 4.69) is 10.5 Å². The number of hydrogen-bond acceptors (Lipinski definition) is 4. The van der Waals surface area contributed by atoms with Gasteiger partial charge in [0.1, 0.15) is 6.54 Å². The zero-order valence-electron chi connectivity index (χ0n) is 18.8. The predicted molar refractivity (Wildman–Crippen MR) is 136 cm³/mol. The summed E-state index contributed by atoms with van der Waals surface area (Å²) in [6.07, 6.45) is -2.56. The Bertz CT molecular complexity index is 1550. The molecule has 36 heavy (non-hydrogen) atoms. The first-order chi connectivity index (χ1) is 16.9. The monoisotopic (exact) mass is 533 g/mol. The highest BCUT2D eigenvalue weighted by molar-refractivity contribution is 7.92. The third-order valence-corrected chi connectivity index (χ3v) is 6.90. The van der Waals surface area contributed by atoms with Gasteiger partial charge in [-0.15, -0.1) is 0 Å². The summed E-state index contributed by atoms with van der Waals surface area (Å²) in [6.45, 7) is -0.786. The molecule has 4 aromatic rings. The van der Waals surface area contributed by atoms with Crippen molar-refractivity contribution in [3.63, 3.8) is 0 Å². The number of nitrogens with zero attached hydrogens (tertiary/aromatic N) is 2. The van der Waals surface area contributed by atoms with Crippen molar-refractivity contribution in [3.05, 3.63) is 88.9 Å². The Morgan fingerprint density at radius 3 is 2.14 bits per heavy atom. The van der Waals surface area contributed by atoms with Gasteiger partial charge in [0.25, 0.3) is 5.91 Å². The predicted octanol–water partition coefficient (Wildman–Crippen LogP) is 5.58. The summed E-state index contributed by atoms with van der Waals surface area (Å²) in [4.78, 5) is 12.6. The number of amides is 1. The maximum absolute atomic E-state index is 13.3. The van der Waals surface area contributed by atoms with E-state index in [1.54, 1.807) is 0 Å². The van der Waals surface area contributed by atoms with Crippen molar-refractivity contribution in [2.24, 2.45) is 5.10 Å². The minimum atomic E-state index is -4.80. The maximum atomic E-state index is 13.3. The van der Waals surface area contributed by atoms with E-state index in [0.29, 0.717) is 10.4 Å². The molecule has 0 radical (unpaired) electrons. The molecule has 11 heteroatoms. The van der Waals surface area contributed by atoms with Crippen LogP contribution in [0.3, 0.4) is 0 Å². The van der Waals surface area contributed by atoms with Crippen LogP contribution in [0.5, 0.6) is 0 Å². The quantitative estimate of drug-likeness (QED) is 0.200. The first-order valence-corrected chi connectivity index (χ1v) is 12.7. The van der Waals surface area contributed by atoms with Crippen molar-refractivity contribution in [3.8, 4) is 0 Å². The number of rotatable bonds is 6. The molecular weight excluding hydrogens is 515 g/mol. The molecule has 0 aliphatic heterocycles. The van der Waals surface area contributed by atoms with Crippen molar-refractivity contribution in [1.82, 2.24) is 5.43 Å². The van der Waals surface area contributed by atoms with Crippen LogP contribution >= 0.6 is 11.6 Å². The minimum absolute atomic E-state index is 0.353. The Labute approximate surface area is 210 Å². The summed E-state index contributed by atoms with van der Waals surface area (Å²) >= 11 is 5.63.